The normalized spacial score (nSPS) is 11.1. The molecule has 58 valence electrons. The lowest BCUT2D eigenvalue weighted by atomic mass is 10.7. The Hall–Kier alpha value is -1.37. The number of nitrogens with one attached hydrogen (secondary N) is 1. The SMILES string of the molecule is NC(=NCCO)N[N+](=O)[O-]. The van der Waals surface area contributed by atoms with Crippen molar-refractivity contribution in [2.75, 3.05) is 13.2 Å². The number of rotatable bonds is 3. The maximum atomic E-state index is 9.64. The first-order valence-corrected chi connectivity index (χ1v) is 2.48. The first-order chi connectivity index (χ1) is 4.66. The fourth-order valence-corrected chi connectivity index (χ4v) is 0.299. The Morgan fingerprint density at radius 3 is 2.90 bits per heavy atom. The fourth-order valence-electron chi connectivity index (χ4n) is 0.299. The molecule has 0 bridgehead atoms. The Labute approximate surface area is 56.7 Å². The zero-order valence-corrected chi connectivity index (χ0v) is 5.15. The lowest BCUT2D eigenvalue weighted by molar-refractivity contribution is -0.525. The molecule has 0 saturated heterocycles. The van der Waals surface area contributed by atoms with Crippen LogP contribution in [0.3, 0.4) is 0 Å². The van der Waals surface area contributed by atoms with Crippen LogP contribution in [-0.2, 0) is 0 Å². The van der Waals surface area contributed by atoms with E-state index in [9.17, 15) is 10.1 Å². The smallest absolute Gasteiger partial charge is 0.251 e. The largest absolute Gasteiger partial charge is 0.394 e. The number of aliphatic imine (C=N–C) groups is 1. The molecule has 0 aromatic rings. The maximum absolute atomic E-state index is 9.64. The Bertz CT molecular complexity index is 145. The second-order valence-electron chi connectivity index (χ2n) is 1.36. The van der Waals surface area contributed by atoms with Gasteiger partial charge in [-0.15, -0.1) is 0 Å². The van der Waals surface area contributed by atoms with Crippen LogP contribution in [0, 0.1) is 10.1 Å². The van der Waals surface area contributed by atoms with Crippen molar-refractivity contribution in [3.05, 3.63) is 10.1 Å². The summed E-state index contributed by atoms with van der Waals surface area (Å²) in [7, 11) is 0. The summed E-state index contributed by atoms with van der Waals surface area (Å²) in [6.45, 7) is -0.118. The molecule has 0 rings (SSSR count). The molecule has 0 aliphatic rings. The average molecular weight is 148 g/mol. The molecule has 0 amide bonds. The molecule has 0 aromatic heterocycles. The highest BCUT2D eigenvalue weighted by Gasteiger charge is 1.95. The number of nitro groups is 1. The van der Waals surface area contributed by atoms with Gasteiger partial charge in [0.2, 0.25) is 0 Å². The molecule has 7 nitrogen and oxygen atoms in total. The minimum absolute atomic E-state index is 0.0622. The standard InChI is InChI=1S/C3H8N4O3/c4-3(5-1-2-8)6-7(9)10/h8H,1-2H2,(H3,4,5,6). The van der Waals surface area contributed by atoms with E-state index < -0.39 is 5.03 Å². The number of hydrogen-bond acceptors (Lipinski definition) is 4. The van der Waals surface area contributed by atoms with Crippen LogP contribution < -0.4 is 11.2 Å². The first-order valence-electron chi connectivity index (χ1n) is 2.48. The highest BCUT2D eigenvalue weighted by Crippen LogP contribution is 1.66. The second kappa shape index (κ2) is 4.50. The number of hydrogen-bond donors (Lipinski definition) is 3. The molecule has 0 fully saturated rings. The third-order valence-electron chi connectivity index (χ3n) is 0.588. The Morgan fingerprint density at radius 1 is 1.90 bits per heavy atom. The van der Waals surface area contributed by atoms with Crippen LogP contribution in [0.4, 0.5) is 0 Å². The second-order valence-corrected chi connectivity index (χ2v) is 1.36. The van der Waals surface area contributed by atoms with E-state index in [-0.39, 0.29) is 19.1 Å². The average Bonchev–Trinajstić information content (AvgIpc) is 1.82. The van der Waals surface area contributed by atoms with Crippen molar-refractivity contribution >= 4 is 5.96 Å². The van der Waals surface area contributed by atoms with E-state index in [4.69, 9.17) is 10.8 Å². The van der Waals surface area contributed by atoms with Crippen LogP contribution in [-0.4, -0.2) is 29.3 Å². The van der Waals surface area contributed by atoms with Gasteiger partial charge in [-0.25, -0.2) is 15.1 Å². The molecule has 0 heterocycles. The third-order valence-corrected chi connectivity index (χ3v) is 0.588. The van der Waals surface area contributed by atoms with Crippen molar-refractivity contribution < 1.29 is 10.1 Å². The maximum Gasteiger partial charge on any atom is 0.251 e. The number of aliphatic hydroxyl groups excluding tert-OH is 1. The van der Waals surface area contributed by atoms with Crippen LogP contribution in [0.15, 0.2) is 4.99 Å². The van der Waals surface area contributed by atoms with Gasteiger partial charge in [0.05, 0.1) is 13.2 Å². The van der Waals surface area contributed by atoms with Crippen LogP contribution in [0.2, 0.25) is 0 Å². The number of guanidine groups is 1. The molecule has 10 heavy (non-hydrogen) atoms. The summed E-state index contributed by atoms with van der Waals surface area (Å²) in [4.78, 5) is 13.0. The molecule has 4 N–H and O–H groups in total. The van der Waals surface area contributed by atoms with E-state index in [0.717, 1.165) is 0 Å². The summed E-state index contributed by atoms with van der Waals surface area (Å²) in [5.41, 5.74) is 6.56. The summed E-state index contributed by atoms with van der Waals surface area (Å²) in [5.74, 6) is -0.306. The van der Waals surface area contributed by atoms with E-state index in [2.05, 4.69) is 4.99 Å². The topological polar surface area (TPSA) is 114 Å². The molecular weight excluding hydrogens is 140 g/mol. The molecule has 0 spiro atoms. The van der Waals surface area contributed by atoms with Gasteiger partial charge in [0.25, 0.3) is 5.96 Å². The summed E-state index contributed by atoms with van der Waals surface area (Å²) in [6, 6.07) is 0. The molecular formula is C3H8N4O3. The minimum atomic E-state index is -0.823. The van der Waals surface area contributed by atoms with Gasteiger partial charge < -0.3 is 10.8 Å². The number of nitrogens with two attached hydrogens (primary N) is 1. The van der Waals surface area contributed by atoms with Crippen molar-refractivity contribution in [2.45, 2.75) is 0 Å². The number of nitrogens with zero attached hydrogens (tertiary/aromatic N) is 2. The van der Waals surface area contributed by atoms with E-state index in [0.29, 0.717) is 0 Å². The van der Waals surface area contributed by atoms with Gasteiger partial charge in [0.15, 0.2) is 5.03 Å². The number of hydrazine groups is 1. The summed E-state index contributed by atoms with van der Waals surface area (Å²) in [5, 5.41) is 17.0. The minimum Gasteiger partial charge on any atom is -0.394 e. The predicted octanol–water partition coefficient (Wildman–Crippen LogP) is -1.93. The molecule has 0 aliphatic heterocycles. The zero-order chi connectivity index (χ0) is 7.98. The van der Waals surface area contributed by atoms with Gasteiger partial charge in [0, 0.05) is 0 Å². The highest BCUT2D eigenvalue weighted by molar-refractivity contribution is 5.76. The molecule has 0 saturated carbocycles. The lowest BCUT2D eigenvalue weighted by Crippen LogP contribution is -2.36. The summed E-state index contributed by atoms with van der Waals surface area (Å²) in [6.07, 6.45) is 0. The molecule has 0 aromatic carbocycles. The van der Waals surface area contributed by atoms with Crippen LogP contribution >= 0.6 is 0 Å². The van der Waals surface area contributed by atoms with Crippen LogP contribution in [0.1, 0.15) is 0 Å². The van der Waals surface area contributed by atoms with E-state index in [1.165, 1.54) is 0 Å². The van der Waals surface area contributed by atoms with Crippen molar-refractivity contribution in [3.8, 4) is 0 Å². The van der Waals surface area contributed by atoms with Crippen molar-refractivity contribution in [3.63, 3.8) is 0 Å². The van der Waals surface area contributed by atoms with Gasteiger partial charge >= 0.3 is 0 Å². The Morgan fingerprint density at radius 2 is 2.50 bits per heavy atom. The molecule has 0 unspecified atom stereocenters. The van der Waals surface area contributed by atoms with Gasteiger partial charge in [-0.05, 0) is 0 Å². The van der Waals surface area contributed by atoms with Gasteiger partial charge in [-0.1, -0.05) is 5.43 Å². The highest BCUT2D eigenvalue weighted by atomic mass is 16.7. The van der Waals surface area contributed by atoms with Crippen LogP contribution in [0.25, 0.3) is 0 Å². The third kappa shape index (κ3) is 4.78. The Kier molecular flexibility index (Phi) is 3.89. The van der Waals surface area contributed by atoms with Gasteiger partial charge in [-0.3, -0.25) is 0 Å². The van der Waals surface area contributed by atoms with Gasteiger partial charge in [-0.2, -0.15) is 0 Å². The Balaban J connectivity index is 3.59. The fraction of sp³-hybridized carbons (Fsp3) is 0.667. The molecule has 0 aliphatic carbocycles. The van der Waals surface area contributed by atoms with Crippen molar-refractivity contribution in [1.82, 2.24) is 5.43 Å². The molecule has 7 heteroatoms. The quantitative estimate of drug-likeness (QED) is 0.187. The van der Waals surface area contributed by atoms with Crippen molar-refractivity contribution in [1.29, 1.82) is 0 Å². The van der Waals surface area contributed by atoms with E-state index >= 15 is 0 Å². The predicted molar refractivity (Wildman–Crippen MR) is 33.7 cm³/mol. The monoisotopic (exact) mass is 148 g/mol. The number of aliphatic hydroxyl groups is 1. The first kappa shape index (κ1) is 8.63. The molecule has 0 radical (unpaired) electrons. The van der Waals surface area contributed by atoms with Crippen LogP contribution in [0.5, 0.6) is 0 Å². The van der Waals surface area contributed by atoms with Gasteiger partial charge in [0.1, 0.15) is 0 Å². The summed E-state index contributed by atoms with van der Waals surface area (Å²) >= 11 is 0. The lowest BCUT2D eigenvalue weighted by Gasteiger charge is -1.93. The van der Waals surface area contributed by atoms with E-state index in [1.54, 1.807) is 5.43 Å². The summed E-state index contributed by atoms with van der Waals surface area (Å²) < 4.78 is 0. The van der Waals surface area contributed by atoms with Crippen molar-refractivity contribution in [2.24, 2.45) is 10.7 Å². The zero-order valence-electron chi connectivity index (χ0n) is 5.15. The van der Waals surface area contributed by atoms with E-state index in [1.807, 2.05) is 0 Å². The molecule has 0 atom stereocenters.